The fourth-order valence-electron chi connectivity index (χ4n) is 1.20. The molecule has 0 bridgehead atoms. The number of carbonyl (C=O) groups is 1. The molecule has 0 atom stereocenters. The Hall–Kier alpha value is -1.06. The third-order valence-electron chi connectivity index (χ3n) is 2.14. The van der Waals surface area contributed by atoms with Gasteiger partial charge in [0, 0.05) is 6.54 Å². The van der Waals surface area contributed by atoms with Crippen LogP contribution in [-0.2, 0) is 4.74 Å². The standard InChI is InChI=1S/C12H17NO2.ClH/c1-10-6-4-5-7-11(10)12(14)15-9-8-13(2)3;/h4-7H,8-9H2,1-3H3;1H. The minimum absolute atomic E-state index is 0. The molecule has 0 aliphatic rings. The number of rotatable bonds is 4. The summed E-state index contributed by atoms with van der Waals surface area (Å²) in [6, 6.07) is 7.44. The summed E-state index contributed by atoms with van der Waals surface area (Å²) in [5, 5.41) is 0. The van der Waals surface area contributed by atoms with Crippen molar-refractivity contribution in [3.8, 4) is 0 Å². The Morgan fingerprint density at radius 3 is 2.50 bits per heavy atom. The maximum atomic E-state index is 11.6. The molecular formula is C12H18ClNO2. The Morgan fingerprint density at radius 2 is 1.94 bits per heavy atom. The predicted octanol–water partition coefficient (Wildman–Crippen LogP) is 2.14. The van der Waals surface area contributed by atoms with Crippen molar-refractivity contribution in [3.05, 3.63) is 35.4 Å². The van der Waals surface area contributed by atoms with Crippen LogP contribution in [-0.4, -0.2) is 38.1 Å². The molecule has 0 radical (unpaired) electrons. The zero-order valence-corrected chi connectivity index (χ0v) is 10.7. The molecule has 4 heteroatoms. The maximum absolute atomic E-state index is 11.6. The maximum Gasteiger partial charge on any atom is 0.338 e. The first kappa shape index (κ1) is 14.9. The van der Waals surface area contributed by atoms with E-state index in [1.54, 1.807) is 6.07 Å². The van der Waals surface area contributed by atoms with E-state index in [9.17, 15) is 4.79 Å². The number of aryl methyl sites for hydroxylation is 1. The van der Waals surface area contributed by atoms with Crippen molar-refractivity contribution in [1.82, 2.24) is 4.90 Å². The summed E-state index contributed by atoms with van der Waals surface area (Å²) in [7, 11) is 3.89. The number of esters is 1. The third-order valence-corrected chi connectivity index (χ3v) is 2.14. The van der Waals surface area contributed by atoms with Gasteiger partial charge >= 0.3 is 5.97 Å². The number of halogens is 1. The molecule has 0 aromatic heterocycles. The highest BCUT2D eigenvalue weighted by Gasteiger charge is 2.08. The Balaban J connectivity index is 0.00000225. The molecular weight excluding hydrogens is 226 g/mol. The lowest BCUT2D eigenvalue weighted by atomic mass is 10.1. The monoisotopic (exact) mass is 243 g/mol. The highest BCUT2D eigenvalue weighted by Crippen LogP contribution is 2.08. The van der Waals surface area contributed by atoms with E-state index in [1.165, 1.54) is 0 Å². The highest BCUT2D eigenvalue weighted by atomic mass is 35.5. The topological polar surface area (TPSA) is 29.5 Å². The summed E-state index contributed by atoms with van der Waals surface area (Å²) in [5.74, 6) is -0.241. The summed E-state index contributed by atoms with van der Waals surface area (Å²) in [5.41, 5.74) is 1.60. The van der Waals surface area contributed by atoms with E-state index in [0.717, 1.165) is 12.1 Å². The quantitative estimate of drug-likeness (QED) is 0.759. The van der Waals surface area contributed by atoms with Crippen molar-refractivity contribution in [3.63, 3.8) is 0 Å². The van der Waals surface area contributed by atoms with Crippen LogP contribution in [0.2, 0.25) is 0 Å². The summed E-state index contributed by atoms with van der Waals surface area (Å²) in [6.45, 7) is 3.08. The molecule has 1 aromatic rings. The van der Waals surface area contributed by atoms with Gasteiger partial charge in [-0.3, -0.25) is 0 Å². The first-order valence-corrected chi connectivity index (χ1v) is 4.98. The minimum atomic E-state index is -0.241. The number of benzene rings is 1. The van der Waals surface area contributed by atoms with Gasteiger partial charge in [0.15, 0.2) is 0 Å². The van der Waals surface area contributed by atoms with Crippen molar-refractivity contribution < 1.29 is 9.53 Å². The van der Waals surface area contributed by atoms with Crippen molar-refractivity contribution in [1.29, 1.82) is 0 Å². The zero-order chi connectivity index (χ0) is 11.3. The van der Waals surface area contributed by atoms with Crippen LogP contribution in [0.5, 0.6) is 0 Å². The molecule has 0 N–H and O–H groups in total. The number of ether oxygens (including phenoxy) is 1. The predicted molar refractivity (Wildman–Crippen MR) is 67.3 cm³/mol. The lowest BCUT2D eigenvalue weighted by Gasteiger charge is -2.10. The summed E-state index contributed by atoms with van der Waals surface area (Å²) in [4.78, 5) is 13.6. The molecule has 0 spiro atoms. The van der Waals surface area contributed by atoms with Crippen molar-refractivity contribution in [2.45, 2.75) is 6.92 Å². The van der Waals surface area contributed by atoms with Crippen molar-refractivity contribution in [2.24, 2.45) is 0 Å². The molecule has 0 aliphatic heterocycles. The first-order valence-electron chi connectivity index (χ1n) is 4.98. The molecule has 90 valence electrons. The normalized spacial score (nSPS) is 9.75. The van der Waals surface area contributed by atoms with Crippen LogP contribution in [0.1, 0.15) is 15.9 Å². The number of carbonyl (C=O) groups excluding carboxylic acids is 1. The molecule has 0 saturated heterocycles. The molecule has 3 nitrogen and oxygen atoms in total. The van der Waals surface area contributed by atoms with E-state index < -0.39 is 0 Å². The van der Waals surface area contributed by atoms with Crippen molar-refractivity contribution in [2.75, 3.05) is 27.2 Å². The van der Waals surface area contributed by atoms with Gasteiger partial charge in [-0.25, -0.2) is 4.79 Å². The van der Waals surface area contributed by atoms with Gasteiger partial charge in [0.2, 0.25) is 0 Å². The smallest absolute Gasteiger partial charge is 0.338 e. The van der Waals surface area contributed by atoms with Crippen LogP contribution in [0.3, 0.4) is 0 Å². The van der Waals surface area contributed by atoms with Gasteiger partial charge < -0.3 is 9.64 Å². The van der Waals surface area contributed by atoms with Crippen LogP contribution in [0.4, 0.5) is 0 Å². The Bertz CT molecular complexity index is 340. The number of hydrogen-bond acceptors (Lipinski definition) is 3. The van der Waals surface area contributed by atoms with Gasteiger partial charge in [0.05, 0.1) is 5.56 Å². The average molecular weight is 244 g/mol. The van der Waals surface area contributed by atoms with E-state index in [0.29, 0.717) is 12.2 Å². The molecule has 16 heavy (non-hydrogen) atoms. The molecule has 1 aromatic carbocycles. The second-order valence-corrected chi connectivity index (χ2v) is 3.75. The third kappa shape index (κ3) is 4.64. The lowest BCUT2D eigenvalue weighted by molar-refractivity contribution is 0.0481. The van der Waals surface area contributed by atoms with E-state index >= 15 is 0 Å². The molecule has 1 rings (SSSR count). The molecule has 0 unspecified atom stereocenters. The summed E-state index contributed by atoms with van der Waals surface area (Å²) in [6.07, 6.45) is 0. The molecule has 0 aliphatic carbocycles. The minimum Gasteiger partial charge on any atom is -0.461 e. The van der Waals surface area contributed by atoms with Gasteiger partial charge in [-0.05, 0) is 32.6 Å². The van der Waals surface area contributed by atoms with E-state index in [-0.39, 0.29) is 18.4 Å². The lowest BCUT2D eigenvalue weighted by Crippen LogP contribution is -2.20. The van der Waals surface area contributed by atoms with E-state index in [2.05, 4.69) is 0 Å². The van der Waals surface area contributed by atoms with E-state index in [4.69, 9.17) is 4.74 Å². The fourth-order valence-corrected chi connectivity index (χ4v) is 1.20. The molecule has 0 saturated carbocycles. The van der Waals surface area contributed by atoms with Gasteiger partial charge in [0.25, 0.3) is 0 Å². The second kappa shape index (κ2) is 7.25. The van der Waals surface area contributed by atoms with Crippen LogP contribution in [0.25, 0.3) is 0 Å². The SMILES string of the molecule is Cc1ccccc1C(=O)OCCN(C)C.Cl. The second-order valence-electron chi connectivity index (χ2n) is 3.75. The summed E-state index contributed by atoms with van der Waals surface area (Å²) < 4.78 is 5.14. The first-order chi connectivity index (χ1) is 7.11. The van der Waals surface area contributed by atoms with Gasteiger partial charge in [-0.2, -0.15) is 0 Å². The van der Waals surface area contributed by atoms with Gasteiger partial charge in [-0.1, -0.05) is 18.2 Å². The highest BCUT2D eigenvalue weighted by molar-refractivity contribution is 5.90. The number of nitrogens with zero attached hydrogens (tertiary/aromatic N) is 1. The Labute approximate surface area is 103 Å². The number of hydrogen-bond donors (Lipinski definition) is 0. The van der Waals surface area contributed by atoms with Crippen LogP contribution in [0.15, 0.2) is 24.3 Å². The Morgan fingerprint density at radius 1 is 1.31 bits per heavy atom. The fraction of sp³-hybridized carbons (Fsp3) is 0.417. The Kier molecular flexibility index (Phi) is 6.77. The van der Waals surface area contributed by atoms with Crippen LogP contribution < -0.4 is 0 Å². The average Bonchev–Trinajstić information content (AvgIpc) is 2.17. The molecule has 0 fully saturated rings. The van der Waals surface area contributed by atoms with Gasteiger partial charge in [0.1, 0.15) is 6.61 Å². The number of likely N-dealkylation sites (N-methyl/N-ethyl adjacent to an activating group) is 1. The largest absolute Gasteiger partial charge is 0.461 e. The zero-order valence-electron chi connectivity index (χ0n) is 9.90. The molecule has 0 amide bonds. The van der Waals surface area contributed by atoms with Crippen molar-refractivity contribution >= 4 is 18.4 Å². The van der Waals surface area contributed by atoms with Crippen LogP contribution in [0, 0.1) is 6.92 Å². The van der Waals surface area contributed by atoms with Gasteiger partial charge in [-0.15, -0.1) is 12.4 Å². The van der Waals surface area contributed by atoms with E-state index in [1.807, 2.05) is 44.1 Å². The van der Waals surface area contributed by atoms with Crippen LogP contribution >= 0.6 is 12.4 Å². The molecule has 0 heterocycles. The summed E-state index contributed by atoms with van der Waals surface area (Å²) >= 11 is 0.